The van der Waals surface area contributed by atoms with Crippen molar-refractivity contribution in [2.75, 3.05) is 19.3 Å². The van der Waals surface area contributed by atoms with Crippen LogP contribution < -0.4 is 0 Å². The number of amides is 1. The Morgan fingerprint density at radius 3 is 2.52 bits per heavy atom. The van der Waals surface area contributed by atoms with Crippen molar-refractivity contribution in [2.24, 2.45) is 0 Å². The summed E-state index contributed by atoms with van der Waals surface area (Å²) in [6, 6.07) is 12.2. The number of rotatable bonds is 5. The molecule has 6 heteroatoms. The summed E-state index contributed by atoms with van der Waals surface area (Å²) in [4.78, 5) is 14.5. The molecule has 140 valence electrons. The van der Waals surface area contributed by atoms with Crippen LogP contribution in [-0.2, 0) is 14.6 Å². The number of carbonyl (C=O) groups excluding carboxylic acids is 1. The van der Waals surface area contributed by atoms with Crippen molar-refractivity contribution in [3.8, 4) is 11.1 Å². The fourth-order valence-electron chi connectivity index (χ4n) is 3.09. The summed E-state index contributed by atoms with van der Waals surface area (Å²) in [6.07, 6.45) is 5.39. The van der Waals surface area contributed by atoms with E-state index >= 15 is 0 Å². The molecule has 0 unspecified atom stereocenters. The highest BCUT2D eigenvalue weighted by molar-refractivity contribution is 7.90. The summed E-state index contributed by atoms with van der Waals surface area (Å²) in [7, 11) is -3.35. The van der Waals surface area contributed by atoms with Crippen molar-refractivity contribution in [3.05, 3.63) is 71.3 Å². The lowest BCUT2D eigenvalue weighted by Crippen LogP contribution is -2.24. The van der Waals surface area contributed by atoms with Gasteiger partial charge in [-0.15, -0.1) is 6.58 Å². The molecular formula is C21H20ClNO3S. The molecule has 0 saturated carbocycles. The van der Waals surface area contributed by atoms with Gasteiger partial charge in [0.2, 0.25) is 5.91 Å². The quantitative estimate of drug-likeness (QED) is 0.557. The summed E-state index contributed by atoms with van der Waals surface area (Å²) < 4.78 is 24.0. The molecular weight excluding hydrogens is 382 g/mol. The summed E-state index contributed by atoms with van der Waals surface area (Å²) in [6.45, 7) is 4.86. The lowest BCUT2D eigenvalue weighted by Gasteiger charge is -2.12. The second-order valence-corrected chi connectivity index (χ2v) is 8.94. The number of hydrogen-bond acceptors (Lipinski definition) is 3. The van der Waals surface area contributed by atoms with Crippen molar-refractivity contribution in [3.63, 3.8) is 0 Å². The second-order valence-electron chi connectivity index (χ2n) is 6.49. The smallest absolute Gasteiger partial charge is 0.250 e. The van der Waals surface area contributed by atoms with E-state index in [4.69, 9.17) is 11.6 Å². The number of nitrogens with zero attached hydrogens (tertiary/aromatic N) is 1. The molecule has 0 atom stereocenters. The van der Waals surface area contributed by atoms with Gasteiger partial charge in [0.05, 0.1) is 4.90 Å². The highest BCUT2D eigenvalue weighted by Gasteiger charge is 2.25. The molecule has 0 aromatic heterocycles. The normalized spacial score (nSPS) is 16.1. The van der Waals surface area contributed by atoms with Crippen molar-refractivity contribution in [1.82, 2.24) is 4.90 Å². The topological polar surface area (TPSA) is 54.5 Å². The van der Waals surface area contributed by atoms with Gasteiger partial charge in [-0.05, 0) is 53.5 Å². The van der Waals surface area contributed by atoms with Gasteiger partial charge >= 0.3 is 0 Å². The first-order chi connectivity index (χ1) is 12.8. The molecule has 0 spiro atoms. The largest absolute Gasteiger partial charge is 0.335 e. The van der Waals surface area contributed by atoms with Crippen LogP contribution in [0.3, 0.4) is 0 Å². The average Bonchev–Trinajstić information content (AvgIpc) is 2.96. The minimum absolute atomic E-state index is 0.0101. The molecule has 1 aliphatic rings. The molecule has 27 heavy (non-hydrogen) atoms. The zero-order valence-electron chi connectivity index (χ0n) is 15.0. The summed E-state index contributed by atoms with van der Waals surface area (Å²) in [5.74, 6) is -0.0101. The molecule has 0 N–H and O–H groups in total. The molecule has 4 nitrogen and oxygen atoms in total. The molecule has 1 saturated heterocycles. The zero-order valence-corrected chi connectivity index (χ0v) is 16.6. The van der Waals surface area contributed by atoms with Crippen LogP contribution in [0.15, 0.2) is 65.6 Å². The van der Waals surface area contributed by atoms with Gasteiger partial charge < -0.3 is 4.90 Å². The molecule has 0 aliphatic carbocycles. The summed E-state index contributed by atoms with van der Waals surface area (Å²) in [5, 5.41) is 0.601. The number of likely N-dealkylation sites (tertiary alicyclic amines) is 1. The van der Waals surface area contributed by atoms with Crippen LogP contribution in [0.5, 0.6) is 0 Å². The molecule has 0 radical (unpaired) electrons. The number of sulfone groups is 1. The van der Waals surface area contributed by atoms with Crippen LogP contribution in [0, 0.1) is 0 Å². The van der Waals surface area contributed by atoms with E-state index in [1.165, 1.54) is 6.26 Å². The summed E-state index contributed by atoms with van der Waals surface area (Å²) in [5.41, 5.74) is 3.09. The standard InChI is InChI=1S/C21H20ClNO3S/c1-3-11-23-12-10-17(21(23)24)13-16-6-9-19(27(2,25)26)14-20(16)15-4-7-18(22)8-5-15/h3-9,13-14H,1,10-12H2,2H3/b17-13-. The van der Waals surface area contributed by atoms with Crippen molar-refractivity contribution >= 4 is 33.4 Å². The van der Waals surface area contributed by atoms with E-state index in [0.717, 1.165) is 16.7 Å². The van der Waals surface area contributed by atoms with Crippen LogP contribution in [0.25, 0.3) is 17.2 Å². The van der Waals surface area contributed by atoms with E-state index in [1.54, 1.807) is 41.3 Å². The van der Waals surface area contributed by atoms with Crippen molar-refractivity contribution in [2.45, 2.75) is 11.3 Å². The SMILES string of the molecule is C=CCN1CC/C(=C/c2ccc(S(C)(=O)=O)cc2-c2ccc(Cl)cc2)C1=O. The molecule has 2 aromatic carbocycles. The number of benzene rings is 2. The Balaban J connectivity index is 2.10. The van der Waals surface area contributed by atoms with Gasteiger partial charge in [-0.3, -0.25) is 4.79 Å². The fraction of sp³-hybridized carbons (Fsp3) is 0.190. The van der Waals surface area contributed by atoms with E-state index in [1.807, 2.05) is 18.2 Å². The van der Waals surface area contributed by atoms with Gasteiger partial charge in [-0.1, -0.05) is 35.9 Å². The lowest BCUT2D eigenvalue weighted by atomic mass is 9.97. The van der Waals surface area contributed by atoms with Gasteiger partial charge in [0, 0.05) is 29.9 Å². The first-order valence-electron chi connectivity index (χ1n) is 8.50. The molecule has 1 amide bonds. The zero-order chi connectivity index (χ0) is 19.6. The first kappa shape index (κ1) is 19.4. The van der Waals surface area contributed by atoms with Crippen LogP contribution >= 0.6 is 11.6 Å². The average molecular weight is 402 g/mol. The Kier molecular flexibility index (Phi) is 5.53. The molecule has 1 aliphatic heterocycles. The van der Waals surface area contributed by atoms with E-state index in [-0.39, 0.29) is 10.8 Å². The van der Waals surface area contributed by atoms with Crippen molar-refractivity contribution in [1.29, 1.82) is 0 Å². The Labute approximate surface area is 164 Å². The van der Waals surface area contributed by atoms with E-state index in [0.29, 0.717) is 30.1 Å². The highest BCUT2D eigenvalue weighted by Crippen LogP contribution is 2.31. The second kappa shape index (κ2) is 7.71. The van der Waals surface area contributed by atoms with Crippen LogP contribution in [0.1, 0.15) is 12.0 Å². The van der Waals surface area contributed by atoms with Gasteiger partial charge in [-0.2, -0.15) is 0 Å². The minimum atomic E-state index is -3.35. The monoisotopic (exact) mass is 401 g/mol. The third-order valence-corrected chi connectivity index (χ3v) is 5.86. The van der Waals surface area contributed by atoms with Crippen LogP contribution in [0.2, 0.25) is 5.02 Å². The van der Waals surface area contributed by atoms with Gasteiger partial charge in [-0.25, -0.2) is 8.42 Å². The van der Waals surface area contributed by atoms with Gasteiger partial charge in [0.1, 0.15) is 0 Å². The first-order valence-corrected chi connectivity index (χ1v) is 10.8. The van der Waals surface area contributed by atoms with E-state index < -0.39 is 9.84 Å². The summed E-state index contributed by atoms with van der Waals surface area (Å²) >= 11 is 5.98. The maximum absolute atomic E-state index is 12.5. The Hall–Kier alpha value is -2.37. The third-order valence-electron chi connectivity index (χ3n) is 4.50. The van der Waals surface area contributed by atoms with Crippen molar-refractivity contribution < 1.29 is 13.2 Å². The highest BCUT2D eigenvalue weighted by atomic mass is 35.5. The maximum atomic E-state index is 12.5. The van der Waals surface area contributed by atoms with Gasteiger partial charge in [0.25, 0.3) is 0 Å². The predicted molar refractivity (Wildman–Crippen MR) is 109 cm³/mol. The van der Waals surface area contributed by atoms with Crippen LogP contribution in [-0.4, -0.2) is 38.6 Å². The number of halogens is 1. The molecule has 1 fully saturated rings. The Bertz CT molecular complexity index is 1020. The van der Waals surface area contributed by atoms with Gasteiger partial charge in [0.15, 0.2) is 9.84 Å². The Morgan fingerprint density at radius 2 is 1.89 bits per heavy atom. The molecule has 3 rings (SSSR count). The number of hydrogen-bond donors (Lipinski definition) is 0. The minimum Gasteiger partial charge on any atom is -0.335 e. The molecule has 0 bridgehead atoms. The lowest BCUT2D eigenvalue weighted by molar-refractivity contribution is -0.124. The van der Waals surface area contributed by atoms with Crippen LogP contribution in [0.4, 0.5) is 0 Å². The predicted octanol–water partition coefficient (Wildman–Crippen LogP) is 4.21. The third kappa shape index (κ3) is 4.31. The molecule has 1 heterocycles. The Morgan fingerprint density at radius 1 is 1.19 bits per heavy atom. The van der Waals surface area contributed by atoms with E-state index in [9.17, 15) is 13.2 Å². The molecule has 2 aromatic rings. The number of carbonyl (C=O) groups is 1. The fourth-order valence-corrected chi connectivity index (χ4v) is 3.86. The van der Waals surface area contributed by atoms with E-state index in [2.05, 4.69) is 6.58 Å². The maximum Gasteiger partial charge on any atom is 0.250 e.